The molecular weight excluding hydrogens is 494 g/mol. The summed E-state index contributed by atoms with van der Waals surface area (Å²) in [6.07, 6.45) is 8.71. The number of nitriles is 1. The molecule has 6 rings (SSSR count). The highest BCUT2D eigenvalue weighted by Gasteiger charge is 2.29. The largest absolute Gasteiger partial charge is 0.437 e. The highest BCUT2D eigenvalue weighted by atomic mass is 16.5. The number of pyridine rings is 3. The number of piperazine rings is 1. The molecule has 11 heteroatoms. The summed E-state index contributed by atoms with van der Waals surface area (Å²) in [7, 11) is 1.86. The standard InChI is InChI=1S/C28H29N9O2/c1-18-12-20(14-29)30-16-23(18)39-25-13-22(26-27(34-25)35(2)17-32-26)33-24-7-6-19(15-31-24)28(38)37-10-8-36(9-11-37)21-4-3-5-21/h6-7,12-13,15-17,21H,3-5,8-11H2,1-2H3,(H,31,33,34). The van der Waals surface area contributed by atoms with E-state index in [2.05, 4.69) is 30.2 Å². The maximum absolute atomic E-state index is 13.1. The molecule has 2 fully saturated rings. The SMILES string of the molecule is Cc1cc(C#N)ncc1Oc1cc(Nc2ccc(C(=O)N3CCN(C4CCC4)CC3)cn2)c2ncn(C)c2n1. The lowest BCUT2D eigenvalue weighted by Gasteiger charge is -2.42. The second kappa shape index (κ2) is 10.3. The van der Waals surface area contributed by atoms with E-state index in [9.17, 15) is 4.79 Å². The van der Waals surface area contributed by atoms with Gasteiger partial charge in [0, 0.05) is 51.5 Å². The second-order valence-corrected chi connectivity index (χ2v) is 10.1. The maximum atomic E-state index is 13.1. The summed E-state index contributed by atoms with van der Waals surface area (Å²) in [4.78, 5) is 35.2. The van der Waals surface area contributed by atoms with Gasteiger partial charge < -0.3 is 19.5 Å². The monoisotopic (exact) mass is 523 g/mol. The van der Waals surface area contributed by atoms with Crippen LogP contribution >= 0.6 is 0 Å². The van der Waals surface area contributed by atoms with Gasteiger partial charge in [-0.05, 0) is 43.5 Å². The van der Waals surface area contributed by atoms with Crippen LogP contribution in [0.3, 0.4) is 0 Å². The summed E-state index contributed by atoms with van der Waals surface area (Å²) in [6.45, 7) is 5.23. The van der Waals surface area contributed by atoms with Gasteiger partial charge >= 0.3 is 0 Å². The van der Waals surface area contributed by atoms with Gasteiger partial charge in [-0.1, -0.05) is 6.42 Å². The smallest absolute Gasteiger partial charge is 0.255 e. The van der Waals surface area contributed by atoms with Crippen molar-refractivity contribution in [2.75, 3.05) is 31.5 Å². The van der Waals surface area contributed by atoms with Crippen LogP contribution in [0.2, 0.25) is 0 Å². The normalized spacial score (nSPS) is 16.1. The number of aromatic nitrogens is 5. The predicted molar refractivity (Wildman–Crippen MR) is 145 cm³/mol. The first-order valence-corrected chi connectivity index (χ1v) is 13.1. The Balaban J connectivity index is 1.18. The Kier molecular flexibility index (Phi) is 6.54. The van der Waals surface area contributed by atoms with E-state index in [0.717, 1.165) is 31.7 Å². The zero-order chi connectivity index (χ0) is 26.9. The molecule has 1 aliphatic carbocycles. The fourth-order valence-electron chi connectivity index (χ4n) is 5.00. The fourth-order valence-corrected chi connectivity index (χ4v) is 5.00. The minimum atomic E-state index is 0.0143. The zero-order valence-corrected chi connectivity index (χ0v) is 22.0. The predicted octanol–water partition coefficient (Wildman–Crippen LogP) is 3.78. The van der Waals surface area contributed by atoms with E-state index in [0.29, 0.717) is 51.6 Å². The molecule has 1 aliphatic heterocycles. The Morgan fingerprint density at radius 3 is 2.59 bits per heavy atom. The third-order valence-electron chi connectivity index (χ3n) is 7.50. The number of hydrogen-bond acceptors (Lipinski definition) is 9. The molecular formula is C28H29N9O2. The summed E-state index contributed by atoms with van der Waals surface area (Å²) in [5.74, 6) is 1.43. The van der Waals surface area contributed by atoms with Crippen molar-refractivity contribution in [3.63, 3.8) is 0 Å². The van der Waals surface area contributed by atoms with Crippen LogP contribution in [0.5, 0.6) is 11.6 Å². The molecule has 0 aromatic carbocycles. The van der Waals surface area contributed by atoms with Crippen LogP contribution in [0.25, 0.3) is 11.2 Å². The van der Waals surface area contributed by atoms with Crippen LogP contribution in [0, 0.1) is 18.3 Å². The average Bonchev–Trinajstić information content (AvgIpc) is 3.30. The minimum absolute atomic E-state index is 0.0143. The van der Waals surface area contributed by atoms with Gasteiger partial charge in [-0.3, -0.25) is 9.69 Å². The van der Waals surface area contributed by atoms with Crippen molar-refractivity contribution in [2.24, 2.45) is 7.05 Å². The number of rotatable bonds is 6. The number of fused-ring (bicyclic) bond motifs is 1. The molecule has 198 valence electrons. The highest BCUT2D eigenvalue weighted by molar-refractivity contribution is 5.94. The van der Waals surface area contributed by atoms with Crippen molar-refractivity contribution in [1.29, 1.82) is 5.26 Å². The molecule has 5 heterocycles. The van der Waals surface area contributed by atoms with E-state index >= 15 is 0 Å². The molecule has 39 heavy (non-hydrogen) atoms. The number of hydrogen-bond donors (Lipinski definition) is 1. The van der Waals surface area contributed by atoms with Gasteiger partial charge in [0.2, 0.25) is 5.88 Å². The fraction of sp³-hybridized carbons (Fsp3) is 0.357. The number of nitrogens with one attached hydrogen (secondary N) is 1. The van der Waals surface area contributed by atoms with E-state index in [1.807, 2.05) is 24.9 Å². The van der Waals surface area contributed by atoms with Gasteiger partial charge in [-0.15, -0.1) is 0 Å². The van der Waals surface area contributed by atoms with Gasteiger partial charge in [-0.2, -0.15) is 10.2 Å². The lowest BCUT2D eigenvalue weighted by atomic mass is 9.91. The summed E-state index contributed by atoms with van der Waals surface area (Å²) >= 11 is 0. The number of carbonyl (C=O) groups excluding carboxylic acids is 1. The third-order valence-corrected chi connectivity index (χ3v) is 7.50. The topological polar surface area (TPSA) is 125 Å². The van der Waals surface area contributed by atoms with Gasteiger partial charge in [0.15, 0.2) is 11.4 Å². The second-order valence-electron chi connectivity index (χ2n) is 10.1. The molecule has 0 spiro atoms. The molecule has 0 atom stereocenters. The third kappa shape index (κ3) is 4.98. The van der Waals surface area contributed by atoms with Crippen LogP contribution in [-0.4, -0.2) is 72.4 Å². The molecule has 1 N–H and O–H groups in total. The van der Waals surface area contributed by atoms with Crippen LogP contribution < -0.4 is 10.1 Å². The molecule has 0 radical (unpaired) electrons. The van der Waals surface area contributed by atoms with E-state index in [1.165, 1.54) is 25.5 Å². The van der Waals surface area contributed by atoms with Crippen molar-refractivity contribution in [1.82, 2.24) is 34.3 Å². The first-order chi connectivity index (χ1) is 19.0. The van der Waals surface area contributed by atoms with Gasteiger partial charge in [0.25, 0.3) is 5.91 Å². The first kappa shape index (κ1) is 24.8. The van der Waals surface area contributed by atoms with Crippen LogP contribution in [0.1, 0.15) is 40.9 Å². The van der Waals surface area contributed by atoms with E-state index in [4.69, 9.17) is 10.00 Å². The maximum Gasteiger partial charge on any atom is 0.255 e. The first-order valence-electron chi connectivity index (χ1n) is 13.1. The number of ether oxygens (including phenoxy) is 1. The number of anilines is 2. The zero-order valence-electron chi connectivity index (χ0n) is 22.0. The quantitative estimate of drug-likeness (QED) is 0.402. The van der Waals surface area contributed by atoms with Crippen LogP contribution in [0.4, 0.5) is 11.5 Å². The lowest BCUT2D eigenvalue weighted by molar-refractivity contribution is 0.0455. The van der Waals surface area contributed by atoms with Gasteiger partial charge in [0.05, 0.1) is 23.8 Å². The Hall–Kier alpha value is -4.56. The summed E-state index contributed by atoms with van der Waals surface area (Å²) in [5, 5.41) is 12.4. The van der Waals surface area contributed by atoms with Crippen molar-refractivity contribution in [2.45, 2.75) is 32.2 Å². The summed E-state index contributed by atoms with van der Waals surface area (Å²) < 4.78 is 7.83. The summed E-state index contributed by atoms with van der Waals surface area (Å²) in [6, 6.07) is 9.74. The van der Waals surface area contributed by atoms with Crippen molar-refractivity contribution in [3.05, 3.63) is 59.8 Å². The van der Waals surface area contributed by atoms with E-state index in [-0.39, 0.29) is 5.91 Å². The molecule has 1 saturated heterocycles. The molecule has 2 aliphatic rings. The lowest BCUT2D eigenvalue weighted by Crippen LogP contribution is -2.53. The van der Waals surface area contributed by atoms with Crippen molar-refractivity contribution >= 4 is 28.6 Å². The number of carbonyl (C=O) groups is 1. The number of aryl methyl sites for hydroxylation is 2. The number of amides is 1. The molecule has 0 unspecified atom stereocenters. The van der Waals surface area contributed by atoms with Crippen molar-refractivity contribution < 1.29 is 9.53 Å². The highest BCUT2D eigenvalue weighted by Crippen LogP contribution is 2.31. The molecule has 4 aromatic heterocycles. The number of imidazole rings is 1. The minimum Gasteiger partial charge on any atom is -0.437 e. The van der Waals surface area contributed by atoms with Crippen molar-refractivity contribution in [3.8, 4) is 17.7 Å². The van der Waals surface area contributed by atoms with E-state index in [1.54, 1.807) is 41.4 Å². The van der Waals surface area contributed by atoms with E-state index < -0.39 is 0 Å². The molecule has 1 amide bonds. The number of nitrogens with zero attached hydrogens (tertiary/aromatic N) is 8. The Bertz CT molecular complexity index is 1560. The molecule has 1 saturated carbocycles. The Morgan fingerprint density at radius 2 is 1.92 bits per heavy atom. The van der Waals surface area contributed by atoms with Gasteiger partial charge in [-0.25, -0.2) is 15.0 Å². The van der Waals surface area contributed by atoms with Gasteiger partial charge in [0.1, 0.15) is 23.1 Å². The molecule has 4 aromatic rings. The van der Waals surface area contributed by atoms with Crippen LogP contribution in [-0.2, 0) is 7.05 Å². The Morgan fingerprint density at radius 1 is 1.10 bits per heavy atom. The molecule has 11 nitrogen and oxygen atoms in total. The average molecular weight is 524 g/mol. The summed E-state index contributed by atoms with van der Waals surface area (Å²) in [5.41, 5.74) is 3.61. The van der Waals surface area contributed by atoms with Crippen LogP contribution in [0.15, 0.2) is 43.0 Å². The molecule has 0 bridgehead atoms. The Labute approximate surface area is 226 Å².